The molecule has 4 aliphatic rings. The van der Waals surface area contributed by atoms with Gasteiger partial charge in [-0.2, -0.15) is 0 Å². The maximum Gasteiger partial charge on any atom is 0.305 e. The van der Waals surface area contributed by atoms with E-state index in [2.05, 4.69) is 5.32 Å². The van der Waals surface area contributed by atoms with Crippen molar-refractivity contribution < 1.29 is 47.7 Å². The molecular formula is C47H61FN4O9Si. The number of halogens is 1. The van der Waals surface area contributed by atoms with Gasteiger partial charge in [0.2, 0.25) is 20.2 Å². The van der Waals surface area contributed by atoms with Crippen LogP contribution < -0.4 is 19.9 Å². The lowest BCUT2D eigenvalue weighted by Crippen LogP contribution is -2.49. The number of carbonyl (C=O) groups is 4. The van der Waals surface area contributed by atoms with Crippen molar-refractivity contribution >= 4 is 49.2 Å². The number of nitrogens with one attached hydrogen (secondary N) is 1. The van der Waals surface area contributed by atoms with Crippen molar-refractivity contribution in [1.29, 1.82) is 0 Å². The lowest BCUT2D eigenvalue weighted by molar-refractivity contribution is -0.151. The summed E-state index contributed by atoms with van der Waals surface area (Å²) in [7, 11) is -2.34. The predicted molar refractivity (Wildman–Crippen MR) is 235 cm³/mol. The van der Waals surface area contributed by atoms with Gasteiger partial charge in [-0.05, 0) is 118 Å². The number of fused-ring (bicyclic) bond motifs is 4. The number of ether oxygens (including phenoxy) is 3. The molecule has 15 heteroatoms. The molecule has 0 aromatic heterocycles. The van der Waals surface area contributed by atoms with E-state index in [0.717, 1.165) is 16.7 Å². The number of unbranched alkanes of at least 4 members (excludes halogenated alkanes) is 2. The molecule has 4 heterocycles. The lowest BCUT2D eigenvalue weighted by atomic mass is 9.82. The number of anilines is 3. The molecule has 0 radical (unpaired) electrons. The van der Waals surface area contributed by atoms with Crippen molar-refractivity contribution in [3.63, 3.8) is 0 Å². The monoisotopic (exact) mass is 872 g/mol. The number of hydrogen-bond acceptors (Lipinski definition) is 10. The van der Waals surface area contributed by atoms with Crippen LogP contribution in [0.2, 0.25) is 18.6 Å². The molecule has 0 bridgehead atoms. The number of benzene rings is 3. The van der Waals surface area contributed by atoms with E-state index in [1.807, 2.05) is 74.5 Å². The molecule has 13 nitrogen and oxygen atoms in total. The van der Waals surface area contributed by atoms with Crippen LogP contribution in [0.4, 0.5) is 21.2 Å². The first kappa shape index (κ1) is 45.4. The van der Waals surface area contributed by atoms with Gasteiger partial charge in [-0.1, -0.05) is 31.2 Å². The summed E-state index contributed by atoms with van der Waals surface area (Å²) in [6, 6.07) is 17.9. The zero-order chi connectivity index (χ0) is 44.3. The van der Waals surface area contributed by atoms with Gasteiger partial charge in [0.1, 0.15) is 5.75 Å². The normalized spacial score (nSPS) is 24.3. The Morgan fingerprint density at radius 1 is 0.968 bits per heavy atom. The lowest BCUT2D eigenvalue weighted by Gasteiger charge is -2.37. The molecular weight excluding hydrogens is 812 g/mol. The first-order valence-electron chi connectivity index (χ1n) is 22.1. The van der Waals surface area contributed by atoms with E-state index >= 15 is 8.90 Å². The Bertz CT molecular complexity index is 2150. The molecule has 1 saturated heterocycles. The highest BCUT2D eigenvalue weighted by molar-refractivity contribution is 6.72. The van der Waals surface area contributed by atoms with E-state index in [1.165, 1.54) is 7.11 Å². The highest BCUT2D eigenvalue weighted by Crippen LogP contribution is 2.61. The van der Waals surface area contributed by atoms with E-state index in [9.17, 15) is 24.6 Å². The van der Waals surface area contributed by atoms with Crippen molar-refractivity contribution in [2.45, 2.75) is 114 Å². The molecule has 3 N–H and O–H groups in total. The second-order valence-corrected chi connectivity index (χ2v) is 21.3. The Morgan fingerprint density at radius 3 is 2.44 bits per heavy atom. The van der Waals surface area contributed by atoms with Crippen molar-refractivity contribution in [1.82, 2.24) is 10.2 Å². The standard InChI is InChI=1S/C47H61FN4O9Si/c1-6-60-36-17-19-39-33(24-36)25-38(49-20-10-12-22-53)45(57)52(39)34-16-18-40-37(26-34)47(46(58)50(40)21-11-9-15-43(56)59-3)30(2)44(62(4,5)48)41(61-47)27-42(55)51-28-32-14-8-7-13-31(32)23-35(51)29-54/h7-8,13-14,16-19,24,26,30,35,38,41,44,49,53-54H,6,9-12,15,20-23,25,27-29H2,1-5H3/t30-,35+,38?,41+,44-,47+/m1/s1. The molecule has 4 aliphatic heterocycles. The van der Waals surface area contributed by atoms with E-state index < -0.39 is 43.7 Å². The van der Waals surface area contributed by atoms with Crippen molar-refractivity contribution in [2.75, 3.05) is 49.8 Å². The summed E-state index contributed by atoms with van der Waals surface area (Å²) in [6.07, 6.45) is 2.19. The van der Waals surface area contributed by atoms with Crippen LogP contribution in [0.3, 0.4) is 0 Å². The third kappa shape index (κ3) is 8.66. The smallest absolute Gasteiger partial charge is 0.305 e. The summed E-state index contributed by atoms with van der Waals surface area (Å²) < 4.78 is 34.7. The van der Waals surface area contributed by atoms with Gasteiger partial charge in [0.25, 0.3) is 5.91 Å². The first-order valence-corrected chi connectivity index (χ1v) is 25.0. The third-order valence-corrected chi connectivity index (χ3v) is 15.7. The van der Waals surface area contributed by atoms with Gasteiger partial charge in [0, 0.05) is 48.8 Å². The fraction of sp³-hybridized carbons (Fsp3) is 0.532. The maximum absolute atomic E-state index is 16.9. The van der Waals surface area contributed by atoms with Gasteiger partial charge in [-0.3, -0.25) is 24.1 Å². The molecule has 1 unspecified atom stereocenters. The molecule has 0 saturated carbocycles. The highest BCUT2D eigenvalue weighted by atomic mass is 28.4. The zero-order valence-corrected chi connectivity index (χ0v) is 37.5. The Balaban J connectivity index is 1.29. The number of methoxy groups -OCH3 is 1. The molecule has 3 aromatic carbocycles. The number of amides is 3. The fourth-order valence-corrected chi connectivity index (χ4v) is 12.8. The van der Waals surface area contributed by atoms with Crippen LogP contribution in [0.1, 0.15) is 74.6 Å². The minimum atomic E-state index is -3.68. The van der Waals surface area contributed by atoms with Gasteiger partial charge < -0.3 is 43.6 Å². The number of aliphatic hydroxyl groups excluding tert-OH is 2. The summed E-state index contributed by atoms with van der Waals surface area (Å²) in [5.74, 6) is -1.22. The SMILES string of the molecule is CCOc1ccc2c(c1)CC(NCCCCO)C(=O)N2c1ccc2c(c1)[C@]1(O[C@@H](CC(=O)N3Cc4ccccc4C[C@H]3CO)[C@H]([Si](C)(C)F)[C@H]1C)C(=O)N2CCCCC(=O)OC. The van der Waals surface area contributed by atoms with Crippen LogP contribution in [0.5, 0.6) is 5.75 Å². The molecule has 3 aromatic rings. The summed E-state index contributed by atoms with van der Waals surface area (Å²) in [5.41, 5.74) is 2.73. The van der Waals surface area contributed by atoms with Crippen LogP contribution in [-0.4, -0.2) is 105 Å². The van der Waals surface area contributed by atoms with Crippen molar-refractivity contribution in [2.24, 2.45) is 5.92 Å². The summed E-state index contributed by atoms with van der Waals surface area (Å²) >= 11 is 0. The molecule has 1 spiro atoms. The van der Waals surface area contributed by atoms with E-state index in [4.69, 9.17) is 14.2 Å². The van der Waals surface area contributed by atoms with Crippen LogP contribution >= 0.6 is 0 Å². The van der Waals surface area contributed by atoms with Crippen molar-refractivity contribution in [3.05, 3.63) is 82.9 Å². The first-order chi connectivity index (χ1) is 29.8. The number of hydrogen-bond donors (Lipinski definition) is 3. The zero-order valence-electron chi connectivity index (χ0n) is 36.5. The van der Waals surface area contributed by atoms with E-state index in [-0.39, 0.29) is 56.3 Å². The summed E-state index contributed by atoms with van der Waals surface area (Å²) in [5, 5.41) is 23.2. The molecule has 7 rings (SSSR count). The van der Waals surface area contributed by atoms with Crippen molar-refractivity contribution in [3.8, 4) is 5.75 Å². The number of aliphatic hydroxyl groups is 2. The second kappa shape index (κ2) is 19.0. The fourth-order valence-electron chi connectivity index (χ4n) is 10.3. The largest absolute Gasteiger partial charge is 0.494 e. The van der Waals surface area contributed by atoms with Gasteiger partial charge in [0.05, 0.1) is 56.3 Å². The van der Waals surface area contributed by atoms with Crippen LogP contribution in [-0.2, 0) is 53.6 Å². The molecule has 62 heavy (non-hydrogen) atoms. The average Bonchev–Trinajstić information content (AvgIpc) is 3.68. The molecule has 6 atom stereocenters. The highest BCUT2D eigenvalue weighted by Gasteiger charge is 2.67. The van der Waals surface area contributed by atoms with Gasteiger partial charge in [-0.15, -0.1) is 0 Å². The summed E-state index contributed by atoms with van der Waals surface area (Å²) in [6.45, 7) is 8.31. The number of nitrogens with zero attached hydrogens (tertiary/aromatic N) is 3. The molecule has 334 valence electrons. The quantitative estimate of drug-likeness (QED) is 0.0652. The number of esters is 1. The van der Waals surface area contributed by atoms with Crippen LogP contribution in [0, 0.1) is 5.92 Å². The minimum Gasteiger partial charge on any atom is -0.494 e. The average molecular weight is 873 g/mol. The minimum absolute atomic E-state index is 0.0548. The Morgan fingerprint density at radius 2 is 1.73 bits per heavy atom. The predicted octanol–water partition coefficient (Wildman–Crippen LogP) is 5.84. The topological polar surface area (TPSA) is 158 Å². The Labute approximate surface area is 364 Å². The Hall–Kier alpha value is -4.67. The third-order valence-electron chi connectivity index (χ3n) is 13.2. The molecule has 1 fully saturated rings. The maximum atomic E-state index is 16.9. The second-order valence-electron chi connectivity index (χ2n) is 17.5. The number of rotatable bonds is 17. The van der Waals surface area contributed by atoms with Crippen LogP contribution in [0.15, 0.2) is 60.7 Å². The van der Waals surface area contributed by atoms with Gasteiger partial charge in [-0.25, -0.2) is 0 Å². The molecule has 3 amide bonds. The molecule has 0 aliphatic carbocycles. The van der Waals surface area contributed by atoms with E-state index in [0.29, 0.717) is 86.6 Å². The number of carbonyl (C=O) groups excluding carboxylic acids is 4. The van der Waals surface area contributed by atoms with E-state index in [1.54, 1.807) is 27.8 Å². The van der Waals surface area contributed by atoms with Crippen LogP contribution in [0.25, 0.3) is 0 Å². The van der Waals surface area contributed by atoms with Gasteiger partial charge >= 0.3 is 5.97 Å². The van der Waals surface area contributed by atoms with Gasteiger partial charge in [0.15, 0.2) is 5.60 Å². The Kier molecular flexibility index (Phi) is 13.9. The summed E-state index contributed by atoms with van der Waals surface area (Å²) in [4.78, 5) is 61.2.